The van der Waals surface area contributed by atoms with Crippen molar-refractivity contribution in [3.63, 3.8) is 0 Å². The predicted molar refractivity (Wildman–Crippen MR) is 107 cm³/mol. The number of aromatic nitrogens is 1. The van der Waals surface area contributed by atoms with E-state index in [1.165, 1.54) is 16.9 Å². The lowest BCUT2D eigenvalue weighted by atomic mass is 10.0. The summed E-state index contributed by atoms with van der Waals surface area (Å²) in [4.78, 5) is 16.9. The van der Waals surface area contributed by atoms with Gasteiger partial charge in [0.2, 0.25) is 0 Å². The lowest BCUT2D eigenvalue weighted by molar-refractivity contribution is 0.102. The molecule has 0 bridgehead atoms. The summed E-state index contributed by atoms with van der Waals surface area (Å²) in [6.45, 7) is 4.43. The van der Waals surface area contributed by atoms with Crippen LogP contribution in [0.3, 0.4) is 0 Å². The van der Waals surface area contributed by atoms with Crippen LogP contribution in [-0.4, -0.2) is 18.0 Å². The Hall–Kier alpha value is -2.66. The molecule has 0 aliphatic rings. The molecule has 2 aromatic carbocycles. The van der Waals surface area contributed by atoms with Crippen LogP contribution in [-0.2, 0) is 6.42 Å². The minimum absolute atomic E-state index is 0.180. The van der Waals surface area contributed by atoms with Crippen molar-refractivity contribution in [1.82, 2.24) is 4.98 Å². The molecule has 1 amide bonds. The standard InChI is InChI=1S/C21H22N2O2S/c1-14(2)12-15-4-6-16(7-5-15)19-13-26-21(22-19)23-20(24)17-8-10-18(25-3)11-9-17/h4-11,13-14H,12H2,1-3H3,(H,22,23,24). The van der Waals surface area contributed by atoms with Gasteiger partial charge in [0, 0.05) is 16.5 Å². The van der Waals surface area contributed by atoms with Gasteiger partial charge in [-0.05, 0) is 42.2 Å². The number of thiazole rings is 1. The summed E-state index contributed by atoms with van der Waals surface area (Å²) in [6.07, 6.45) is 1.07. The molecule has 0 atom stereocenters. The van der Waals surface area contributed by atoms with Gasteiger partial charge in [-0.2, -0.15) is 0 Å². The smallest absolute Gasteiger partial charge is 0.257 e. The van der Waals surface area contributed by atoms with Gasteiger partial charge < -0.3 is 4.74 Å². The molecule has 3 aromatic rings. The zero-order valence-corrected chi connectivity index (χ0v) is 16.0. The summed E-state index contributed by atoms with van der Waals surface area (Å²) in [5, 5.41) is 5.40. The molecule has 1 N–H and O–H groups in total. The number of anilines is 1. The molecular weight excluding hydrogens is 344 g/mol. The third-order valence-electron chi connectivity index (χ3n) is 3.97. The fourth-order valence-electron chi connectivity index (χ4n) is 2.66. The lowest BCUT2D eigenvalue weighted by Crippen LogP contribution is -2.11. The van der Waals surface area contributed by atoms with E-state index in [9.17, 15) is 4.79 Å². The molecule has 26 heavy (non-hydrogen) atoms. The van der Waals surface area contributed by atoms with Crippen molar-refractivity contribution in [3.05, 3.63) is 65.0 Å². The first-order valence-electron chi connectivity index (χ1n) is 8.55. The quantitative estimate of drug-likeness (QED) is 0.646. The lowest BCUT2D eigenvalue weighted by Gasteiger charge is -2.05. The molecule has 0 saturated heterocycles. The average Bonchev–Trinajstić information content (AvgIpc) is 3.10. The number of amides is 1. The van der Waals surface area contributed by atoms with E-state index in [-0.39, 0.29) is 5.91 Å². The number of ether oxygens (including phenoxy) is 1. The molecule has 134 valence electrons. The van der Waals surface area contributed by atoms with Crippen molar-refractivity contribution in [2.75, 3.05) is 12.4 Å². The Kier molecular flexibility index (Phi) is 5.68. The van der Waals surface area contributed by atoms with Crippen LogP contribution in [0.2, 0.25) is 0 Å². The van der Waals surface area contributed by atoms with Gasteiger partial charge in [-0.15, -0.1) is 11.3 Å². The first-order chi connectivity index (χ1) is 12.5. The maximum Gasteiger partial charge on any atom is 0.257 e. The normalized spacial score (nSPS) is 10.8. The van der Waals surface area contributed by atoms with Crippen molar-refractivity contribution in [2.45, 2.75) is 20.3 Å². The number of methoxy groups -OCH3 is 1. The van der Waals surface area contributed by atoms with Crippen molar-refractivity contribution >= 4 is 22.4 Å². The number of rotatable bonds is 6. The zero-order valence-electron chi connectivity index (χ0n) is 15.2. The van der Waals surface area contributed by atoms with E-state index in [1.54, 1.807) is 31.4 Å². The number of carbonyl (C=O) groups is 1. The summed E-state index contributed by atoms with van der Waals surface area (Å²) in [5.41, 5.74) is 3.82. The number of hydrogen-bond donors (Lipinski definition) is 1. The topological polar surface area (TPSA) is 51.2 Å². The van der Waals surface area contributed by atoms with Crippen LogP contribution in [0.15, 0.2) is 53.9 Å². The molecule has 3 rings (SSSR count). The molecule has 0 aliphatic carbocycles. The molecule has 0 spiro atoms. The molecule has 0 radical (unpaired) electrons. The van der Waals surface area contributed by atoms with Gasteiger partial charge >= 0.3 is 0 Å². The number of nitrogens with one attached hydrogen (secondary N) is 1. The number of benzene rings is 2. The Morgan fingerprint density at radius 3 is 2.42 bits per heavy atom. The van der Waals surface area contributed by atoms with Crippen molar-refractivity contribution in [3.8, 4) is 17.0 Å². The van der Waals surface area contributed by atoms with Crippen LogP contribution in [0.1, 0.15) is 29.8 Å². The second kappa shape index (κ2) is 8.15. The number of nitrogens with zero attached hydrogens (tertiary/aromatic N) is 1. The largest absolute Gasteiger partial charge is 0.497 e. The van der Waals surface area contributed by atoms with E-state index in [2.05, 4.69) is 48.4 Å². The maximum absolute atomic E-state index is 12.3. The molecule has 1 heterocycles. The van der Waals surface area contributed by atoms with Crippen molar-refractivity contribution < 1.29 is 9.53 Å². The first-order valence-corrected chi connectivity index (χ1v) is 9.43. The van der Waals surface area contributed by atoms with E-state index in [1.807, 2.05) is 5.38 Å². The minimum Gasteiger partial charge on any atom is -0.497 e. The second-order valence-electron chi connectivity index (χ2n) is 6.52. The van der Waals surface area contributed by atoms with Gasteiger partial charge in [0.1, 0.15) is 5.75 Å². The Morgan fingerprint density at radius 2 is 1.81 bits per heavy atom. The van der Waals surface area contributed by atoms with Crippen LogP contribution in [0.25, 0.3) is 11.3 Å². The minimum atomic E-state index is -0.180. The maximum atomic E-state index is 12.3. The summed E-state index contributed by atoms with van der Waals surface area (Å²) in [5.74, 6) is 1.18. The summed E-state index contributed by atoms with van der Waals surface area (Å²) in [6, 6.07) is 15.5. The third-order valence-corrected chi connectivity index (χ3v) is 4.73. The second-order valence-corrected chi connectivity index (χ2v) is 7.37. The Labute approximate surface area is 157 Å². The van der Waals surface area contributed by atoms with Gasteiger partial charge in [0.25, 0.3) is 5.91 Å². The van der Waals surface area contributed by atoms with Gasteiger partial charge in [0.05, 0.1) is 12.8 Å². The molecule has 0 unspecified atom stereocenters. The van der Waals surface area contributed by atoms with E-state index < -0.39 is 0 Å². The molecule has 4 nitrogen and oxygen atoms in total. The van der Waals surface area contributed by atoms with Crippen LogP contribution in [0, 0.1) is 5.92 Å². The Balaban J connectivity index is 1.68. The molecular formula is C21H22N2O2S. The van der Waals surface area contributed by atoms with E-state index in [0.29, 0.717) is 16.6 Å². The summed E-state index contributed by atoms with van der Waals surface area (Å²) < 4.78 is 5.11. The Morgan fingerprint density at radius 1 is 1.12 bits per heavy atom. The highest BCUT2D eigenvalue weighted by atomic mass is 32.1. The molecule has 0 aliphatic heterocycles. The van der Waals surface area contributed by atoms with Crippen LogP contribution in [0.5, 0.6) is 5.75 Å². The van der Waals surface area contributed by atoms with E-state index >= 15 is 0 Å². The highest BCUT2D eigenvalue weighted by molar-refractivity contribution is 7.14. The third kappa shape index (κ3) is 4.49. The SMILES string of the molecule is COc1ccc(C(=O)Nc2nc(-c3ccc(CC(C)C)cc3)cs2)cc1. The number of hydrogen-bond acceptors (Lipinski definition) is 4. The predicted octanol–water partition coefficient (Wildman–Crippen LogP) is 5.27. The first kappa shape index (κ1) is 18.1. The van der Waals surface area contributed by atoms with Crippen molar-refractivity contribution in [1.29, 1.82) is 0 Å². The van der Waals surface area contributed by atoms with Crippen LogP contribution in [0.4, 0.5) is 5.13 Å². The van der Waals surface area contributed by atoms with E-state index in [0.717, 1.165) is 23.4 Å². The van der Waals surface area contributed by atoms with Crippen LogP contribution < -0.4 is 10.1 Å². The van der Waals surface area contributed by atoms with Crippen LogP contribution >= 0.6 is 11.3 Å². The van der Waals surface area contributed by atoms with Gasteiger partial charge in [-0.3, -0.25) is 10.1 Å². The summed E-state index contributed by atoms with van der Waals surface area (Å²) >= 11 is 1.42. The van der Waals surface area contributed by atoms with Gasteiger partial charge in [-0.25, -0.2) is 4.98 Å². The zero-order chi connectivity index (χ0) is 18.5. The molecule has 5 heteroatoms. The fourth-order valence-corrected chi connectivity index (χ4v) is 3.37. The molecule has 0 fully saturated rings. The average molecular weight is 366 g/mol. The number of carbonyl (C=O) groups excluding carboxylic acids is 1. The fraction of sp³-hybridized carbons (Fsp3) is 0.238. The molecule has 0 saturated carbocycles. The van der Waals surface area contributed by atoms with Gasteiger partial charge in [0.15, 0.2) is 5.13 Å². The van der Waals surface area contributed by atoms with E-state index in [4.69, 9.17) is 4.74 Å². The highest BCUT2D eigenvalue weighted by Crippen LogP contribution is 2.26. The monoisotopic (exact) mass is 366 g/mol. The van der Waals surface area contributed by atoms with Crippen molar-refractivity contribution in [2.24, 2.45) is 5.92 Å². The van der Waals surface area contributed by atoms with Gasteiger partial charge in [-0.1, -0.05) is 38.1 Å². The Bertz CT molecular complexity index is 868. The highest BCUT2D eigenvalue weighted by Gasteiger charge is 2.10. The molecule has 1 aromatic heterocycles. The summed E-state index contributed by atoms with van der Waals surface area (Å²) in [7, 11) is 1.60.